The molecule has 1 atom stereocenters. The number of aliphatic hydroxyl groups is 1. The van der Waals surface area contributed by atoms with Crippen LogP contribution in [0.3, 0.4) is 0 Å². The Morgan fingerprint density at radius 1 is 1.22 bits per heavy atom. The zero-order valence-electron chi connectivity index (χ0n) is 13.7. The smallest absolute Gasteiger partial charge is 0.152 e. The summed E-state index contributed by atoms with van der Waals surface area (Å²) < 4.78 is 0. The van der Waals surface area contributed by atoms with Crippen molar-refractivity contribution in [2.24, 2.45) is 5.41 Å². The summed E-state index contributed by atoms with van der Waals surface area (Å²) in [5.74, 6) is 0.454. The summed E-state index contributed by atoms with van der Waals surface area (Å²) >= 11 is 6.02. The summed E-state index contributed by atoms with van der Waals surface area (Å²) in [6.07, 6.45) is 1.60. The van der Waals surface area contributed by atoms with E-state index in [1.807, 2.05) is 12.1 Å². The van der Waals surface area contributed by atoms with Crippen LogP contribution < -0.4 is 5.32 Å². The quantitative estimate of drug-likeness (QED) is 0.904. The Morgan fingerprint density at radius 2 is 1.87 bits per heavy atom. The molecule has 1 saturated heterocycles. The highest BCUT2D eigenvalue weighted by Gasteiger charge is 2.53. The van der Waals surface area contributed by atoms with Gasteiger partial charge < -0.3 is 10.4 Å². The van der Waals surface area contributed by atoms with Crippen molar-refractivity contribution in [3.8, 4) is 0 Å². The molecule has 122 valence electrons. The Morgan fingerprint density at radius 3 is 2.35 bits per heavy atom. The first-order valence-corrected chi connectivity index (χ1v) is 8.27. The van der Waals surface area contributed by atoms with E-state index in [4.69, 9.17) is 11.6 Å². The topological polar surface area (TPSA) is 58.0 Å². The first-order valence-electron chi connectivity index (χ1n) is 7.89. The summed E-state index contributed by atoms with van der Waals surface area (Å²) in [6.45, 7) is 7.86. The van der Waals surface area contributed by atoms with Crippen molar-refractivity contribution in [3.05, 3.63) is 58.4 Å². The molecule has 1 fully saturated rings. The predicted octanol–water partition coefficient (Wildman–Crippen LogP) is 3.10. The fraction of sp³-hybridized carbons (Fsp3) is 0.444. The highest BCUT2D eigenvalue weighted by Crippen LogP contribution is 2.47. The fourth-order valence-electron chi connectivity index (χ4n) is 3.27. The molecule has 0 spiro atoms. The van der Waals surface area contributed by atoms with Crippen molar-refractivity contribution >= 4 is 11.6 Å². The van der Waals surface area contributed by atoms with Crippen LogP contribution >= 0.6 is 11.6 Å². The number of benzene rings is 1. The van der Waals surface area contributed by atoms with E-state index in [1.54, 1.807) is 12.3 Å². The van der Waals surface area contributed by atoms with Crippen LogP contribution in [0.4, 0.5) is 0 Å². The molecule has 2 heterocycles. The van der Waals surface area contributed by atoms with Gasteiger partial charge >= 0.3 is 0 Å². The average Bonchev–Trinajstić information content (AvgIpc) is 2.52. The van der Waals surface area contributed by atoms with Gasteiger partial charge in [0.1, 0.15) is 5.60 Å². The van der Waals surface area contributed by atoms with Gasteiger partial charge in [-0.1, -0.05) is 56.6 Å². The van der Waals surface area contributed by atoms with E-state index in [9.17, 15) is 5.11 Å². The number of nitrogens with one attached hydrogen (secondary N) is 1. The first-order chi connectivity index (χ1) is 10.9. The van der Waals surface area contributed by atoms with Gasteiger partial charge in [-0.2, -0.15) is 5.10 Å². The van der Waals surface area contributed by atoms with E-state index in [0.29, 0.717) is 11.5 Å². The standard InChI is InChI=1S/C18H22ClN3O/c1-12(2)13-4-6-14(7-5-13)18(23,17(3)10-20-11-17)15-8-16(19)22-21-9-15/h4-9,12,20,23H,10-11H2,1-3H3. The number of hydrogen-bond donors (Lipinski definition) is 2. The van der Waals surface area contributed by atoms with Gasteiger partial charge in [0.25, 0.3) is 0 Å². The summed E-state index contributed by atoms with van der Waals surface area (Å²) in [7, 11) is 0. The number of nitrogens with zero attached hydrogens (tertiary/aromatic N) is 2. The SMILES string of the molecule is CC(C)c1ccc(C(O)(c2cnnc(Cl)c2)C2(C)CNC2)cc1. The Kier molecular flexibility index (Phi) is 4.17. The van der Waals surface area contributed by atoms with E-state index >= 15 is 0 Å². The van der Waals surface area contributed by atoms with Crippen LogP contribution in [0.15, 0.2) is 36.5 Å². The molecule has 2 N–H and O–H groups in total. The highest BCUT2D eigenvalue weighted by atomic mass is 35.5. The van der Waals surface area contributed by atoms with E-state index in [1.165, 1.54) is 5.56 Å². The molecule has 23 heavy (non-hydrogen) atoms. The summed E-state index contributed by atoms with van der Waals surface area (Å²) in [6, 6.07) is 9.88. The molecule has 3 rings (SSSR count). The third-order valence-electron chi connectivity index (χ3n) is 4.94. The van der Waals surface area contributed by atoms with E-state index in [0.717, 1.165) is 18.7 Å². The molecular formula is C18H22ClN3O. The Bertz CT molecular complexity index is 698. The molecule has 0 radical (unpaired) electrons. The van der Waals surface area contributed by atoms with Gasteiger partial charge in [-0.05, 0) is 23.1 Å². The summed E-state index contributed by atoms with van der Waals surface area (Å²) in [4.78, 5) is 0. The van der Waals surface area contributed by atoms with Gasteiger partial charge in [-0.25, -0.2) is 0 Å². The van der Waals surface area contributed by atoms with Crippen LogP contribution in [0.2, 0.25) is 5.15 Å². The van der Waals surface area contributed by atoms with E-state index in [2.05, 4.69) is 48.4 Å². The monoisotopic (exact) mass is 331 g/mol. The summed E-state index contributed by atoms with van der Waals surface area (Å²) in [5.41, 5.74) is 1.30. The van der Waals surface area contributed by atoms with Crippen molar-refractivity contribution in [1.82, 2.24) is 15.5 Å². The van der Waals surface area contributed by atoms with Crippen LogP contribution in [0.1, 0.15) is 43.4 Å². The zero-order valence-corrected chi connectivity index (χ0v) is 14.4. The van der Waals surface area contributed by atoms with Gasteiger partial charge in [0.2, 0.25) is 0 Å². The third-order valence-corrected chi connectivity index (χ3v) is 5.13. The highest BCUT2D eigenvalue weighted by molar-refractivity contribution is 6.29. The average molecular weight is 332 g/mol. The fourth-order valence-corrected chi connectivity index (χ4v) is 3.43. The maximum Gasteiger partial charge on any atom is 0.152 e. The van der Waals surface area contributed by atoms with Crippen molar-refractivity contribution in [1.29, 1.82) is 0 Å². The van der Waals surface area contributed by atoms with E-state index in [-0.39, 0.29) is 10.6 Å². The predicted molar refractivity (Wildman–Crippen MR) is 91.5 cm³/mol. The molecule has 0 aliphatic carbocycles. The van der Waals surface area contributed by atoms with Gasteiger partial charge in [0, 0.05) is 24.1 Å². The lowest BCUT2D eigenvalue weighted by atomic mass is 9.63. The number of rotatable bonds is 4. The Hall–Kier alpha value is -1.49. The van der Waals surface area contributed by atoms with Crippen molar-refractivity contribution in [3.63, 3.8) is 0 Å². The van der Waals surface area contributed by atoms with Crippen LogP contribution in [0.5, 0.6) is 0 Å². The molecule has 1 unspecified atom stereocenters. The van der Waals surface area contributed by atoms with Crippen molar-refractivity contribution < 1.29 is 5.11 Å². The van der Waals surface area contributed by atoms with Gasteiger partial charge in [0.05, 0.1) is 6.20 Å². The zero-order chi connectivity index (χ0) is 16.7. The Balaban J connectivity index is 2.12. The molecule has 0 saturated carbocycles. The van der Waals surface area contributed by atoms with E-state index < -0.39 is 5.60 Å². The second kappa shape index (κ2) is 5.86. The summed E-state index contributed by atoms with van der Waals surface area (Å²) in [5, 5.41) is 23.0. The lowest BCUT2D eigenvalue weighted by molar-refractivity contribution is -0.0770. The van der Waals surface area contributed by atoms with Gasteiger partial charge in [-0.3, -0.25) is 0 Å². The molecule has 1 aliphatic heterocycles. The first kappa shape index (κ1) is 16.4. The van der Waals surface area contributed by atoms with Crippen LogP contribution in [0.25, 0.3) is 0 Å². The molecule has 0 amide bonds. The maximum atomic E-state index is 11.7. The Labute approximate surface area is 141 Å². The van der Waals surface area contributed by atoms with Crippen LogP contribution in [-0.2, 0) is 5.60 Å². The second-order valence-corrected chi connectivity index (χ2v) is 7.31. The molecule has 2 aromatic rings. The van der Waals surface area contributed by atoms with Gasteiger partial charge in [0.15, 0.2) is 5.15 Å². The molecule has 0 bridgehead atoms. The van der Waals surface area contributed by atoms with Crippen molar-refractivity contribution in [2.75, 3.05) is 13.1 Å². The minimum absolute atomic E-state index is 0.288. The number of aromatic nitrogens is 2. The molecule has 4 nitrogen and oxygen atoms in total. The lowest BCUT2D eigenvalue weighted by Crippen LogP contribution is -2.63. The molecule has 1 aromatic heterocycles. The van der Waals surface area contributed by atoms with Crippen LogP contribution in [0, 0.1) is 5.41 Å². The minimum Gasteiger partial charge on any atom is -0.380 e. The third kappa shape index (κ3) is 2.65. The second-order valence-electron chi connectivity index (χ2n) is 6.92. The molecule has 5 heteroatoms. The number of halogens is 1. The minimum atomic E-state index is -1.16. The molecule has 1 aromatic carbocycles. The number of hydrogen-bond acceptors (Lipinski definition) is 4. The van der Waals surface area contributed by atoms with Crippen molar-refractivity contribution in [2.45, 2.75) is 32.3 Å². The van der Waals surface area contributed by atoms with Crippen LogP contribution in [-0.4, -0.2) is 28.4 Å². The molecular weight excluding hydrogens is 310 g/mol. The normalized spacial score (nSPS) is 19.2. The lowest BCUT2D eigenvalue weighted by Gasteiger charge is -2.51. The maximum absolute atomic E-state index is 11.7. The van der Waals surface area contributed by atoms with Gasteiger partial charge in [-0.15, -0.1) is 5.10 Å². The molecule has 1 aliphatic rings. The largest absolute Gasteiger partial charge is 0.380 e.